The average Bonchev–Trinajstić information content (AvgIpc) is 2.67. The van der Waals surface area contributed by atoms with Crippen LogP contribution in [0.4, 0.5) is 0 Å². The Kier molecular flexibility index (Phi) is 4.01. The second-order valence-electron chi connectivity index (χ2n) is 4.12. The van der Waals surface area contributed by atoms with Crippen LogP contribution in [0.2, 0.25) is 0 Å². The number of carboxylic acids is 1. The highest BCUT2D eigenvalue weighted by molar-refractivity contribution is 7.80. The maximum atomic E-state index is 11.1. The molecule has 0 radical (unpaired) electrons. The summed E-state index contributed by atoms with van der Waals surface area (Å²) in [6.45, 7) is 0.933. The first kappa shape index (κ1) is 13.8. The van der Waals surface area contributed by atoms with Crippen molar-refractivity contribution in [1.82, 2.24) is 4.57 Å². The third-order valence-electron chi connectivity index (χ3n) is 2.86. The first-order valence-corrected chi connectivity index (χ1v) is 6.16. The van der Waals surface area contributed by atoms with Gasteiger partial charge in [0, 0.05) is 24.4 Å². The van der Waals surface area contributed by atoms with Crippen LogP contribution in [0.15, 0.2) is 23.1 Å². The van der Waals surface area contributed by atoms with Crippen molar-refractivity contribution in [3.05, 3.63) is 23.9 Å². The van der Waals surface area contributed by atoms with E-state index in [1.807, 2.05) is 0 Å². The second kappa shape index (κ2) is 5.54. The molecule has 1 aromatic carbocycles. The number of carboxylic acid groups (broad SMARTS) is 1. The molecule has 5 nitrogen and oxygen atoms in total. The number of aryl methyl sites for hydroxylation is 1. The molecule has 0 saturated heterocycles. The average molecular weight is 281 g/mol. The van der Waals surface area contributed by atoms with Gasteiger partial charge in [-0.25, -0.2) is 4.79 Å². The topological polar surface area (TPSA) is 60.7 Å². The van der Waals surface area contributed by atoms with Crippen LogP contribution in [0, 0.1) is 0 Å². The molecule has 6 heteroatoms. The third kappa shape index (κ3) is 2.69. The van der Waals surface area contributed by atoms with Crippen LogP contribution in [0.5, 0.6) is 5.75 Å². The number of thiol groups is 1. The van der Waals surface area contributed by atoms with Crippen LogP contribution in [-0.4, -0.2) is 36.0 Å². The Bertz CT molecular complexity index is 621. The minimum absolute atomic E-state index is 0.222. The lowest BCUT2D eigenvalue weighted by Crippen LogP contribution is -2.04. The summed E-state index contributed by atoms with van der Waals surface area (Å²) >= 11 is 4.39. The van der Waals surface area contributed by atoms with E-state index < -0.39 is 5.97 Å². The van der Waals surface area contributed by atoms with E-state index in [-0.39, 0.29) is 5.69 Å². The largest absolute Gasteiger partial charge is 0.491 e. The number of fused-ring (bicyclic) bond motifs is 1. The Morgan fingerprint density at radius 3 is 2.74 bits per heavy atom. The Morgan fingerprint density at radius 1 is 1.37 bits per heavy atom. The zero-order valence-corrected chi connectivity index (χ0v) is 11.6. The summed E-state index contributed by atoms with van der Waals surface area (Å²) in [5.41, 5.74) is 0.999. The van der Waals surface area contributed by atoms with E-state index in [9.17, 15) is 4.79 Å². The molecule has 0 aliphatic rings. The summed E-state index contributed by atoms with van der Waals surface area (Å²) < 4.78 is 12.0. The van der Waals surface area contributed by atoms with Gasteiger partial charge in [0.1, 0.15) is 18.1 Å². The normalized spacial score (nSPS) is 10.9. The van der Waals surface area contributed by atoms with E-state index in [2.05, 4.69) is 12.6 Å². The molecule has 102 valence electrons. The molecule has 0 unspecified atom stereocenters. The fourth-order valence-corrected chi connectivity index (χ4v) is 2.39. The predicted molar refractivity (Wildman–Crippen MR) is 74.5 cm³/mol. The lowest BCUT2D eigenvalue weighted by molar-refractivity contribution is 0.0687. The summed E-state index contributed by atoms with van der Waals surface area (Å²) in [5.74, 6) is -0.314. The highest BCUT2D eigenvalue weighted by atomic mass is 32.1. The maximum absolute atomic E-state index is 11.1. The molecule has 0 aliphatic carbocycles. The summed E-state index contributed by atoms with van der Waals surface area (Å²) in [4.78, 5) is 11.8. The van der Waals surface area contributed by atoms with Crippen molar-refractivity contribution in [1.29, 1.82) is 0 Å². The van der Waals surface area contributed by atoms with E-state index in [0.29, 0.717) is 23.9 Å². The van der Waals surface area contributed by atoms with Crippen LogP contribution in [0.3, 0.4) is 0 Å². The van der Waals surface area contributed by atoms with Crippen molar-refractivity contribution in [3.63, 3.8) is 0 Å². The Hall–Kier alpha value is -1.66. The molecule has 0 aliphatic heterocycles. The first-order chi connectivity index (χ1) is 9.04. The Morgan fingerprint density at radius 2 is 2.11 bits per heavy atom. The van der Waals surface area contributed by atoms with Crippen molar-refractivity contribution < 1.29 is 19.4 Å². The van der Waals surface area contributed by atoms with Gasteiger partial charge in [-0.1, -0.05) is 0 Å². The molecule has 0 saturated carbocycles. The number of ether oxygens (including phenoxy) is 2. The van der Waals surface area contributed by atoms with E-state index >= 15 is 0 Å². The van der Waals surface area contributed by atoms with Crippen molar-refractivity contribution >= 4 is 29.5 Å². The number of hydrogen-bond acceptors (Lipinski definition) is 4. The maximum Gasteiger partial charge on any atom is 0.352 e. The SMILES string of the molecule is COCCOc1cc(S)c2c(c1)cc(C(=O)O)n2C. The van der Waals surface area contributed by atoms with Crippen LogP contribution in [0.25, 0.3) is 10.9 Å². The van der Waals surface area contributed by atoms with Crippen LogP contribution in [0.1, 0.15) is 10.5 Å². The molecule has 1 N–H and O–H groups in total. The van der Waals surface area contributed by atoms with Crippen molar-refractivity contribution in [2.24, 2.45) is 7.05 Å². The number of carbonyl (C=O) groups is 1. The monoisotopic (exact) mass is 281 g/mol. The van der Waals surface area contributed by atoms with Gasteiger partial charge in [-0.15, -0.1) is 12.6 Å². The minimum Gasteiger partial charge on any atom is -0.491 e. The molecule has 1 heterocycles. The number of benzene rings is 1. The number of aromatic nitrogens is 1. The third-order valence-corrected chi connectivity index (χ3v) is 3.20. The number of hydrogen-bond donors (Lipinski definition) is 2. The zero-order valence-electron chi connectivity index (χ0n) is 10.7. The molecule has 0 fully saturated rings. The Balaban J connectivity index is 2.43. The Labute approximate surface area is 116 Å². The van der Waals surface area contributed by atoms with Crippen molar-refractivity contribution in [3.8, 4) is 5.75 Å². The highest BCUT2D eigenvalue weighted by Gasteiger charge is 2.14. The molecular weight excluding hydrogens is 266 g/mol. The van der Waals surface area contributed by atoms with Gasteiger partial charge in [-0.2, -0.15) is 0 Å². The lowest BCUT2D eigenvalue weighted by atomic mass is 10.2. The van der Waals surface area contributed by atoms with Gasteiger partial charge in [0.2, 0.25) is 0 Å². The van der Waals surface area contributed by atoms with Crippen LogP contribution >= 0.6 is 12.6 Å². The fraction of sp³-hybridized carbons (Fsp3) is 0.308. The highest BCUT2D eigenvalue weighted by Crippen LogP contribution is 2.30. The molecule has 1 aromatic heterocycles. The molecule has 2 rings (SSSR count). The molecule has 2 aromatic rings. The molecule has 0 amide bonds. The van der Waals surface area contributed by atoms with Gasteiger partial charge in [0.15, 0.2) is 0 Å². The van der Waals surface area contributed by atoms with Gasteiger partial charge in [-0.05, 0) is 18.2 Å². The fourth-order valence-electron chi connectivity index (χ4n) is 1.99. The molecule has 19 heavy (non-hydrogen) atoms. The number of nitrogens with zero attached hydrogens (tertiary/aromatic N) is 1. The number of methoxy groups -OCH3 is 1. The van der Waals surface area contributed by atoms with Gasteiger partial charge >= 0.3 is 5.97 Å². The number of aromatic carboxylic acids is 1. The summed E-state index contributed by atoms with van der Waals surface area (Å²) in [5, 5.41) is 9.90. The molecule has 0 bridgehead atoms. The van der Waals surface area contributed by atoms with Gasteiger partial charge < -0.3 is 19.1 Å². The molecule has 0 spiro atoms. The molecule has 0 atom stereocenters. The van der Waals surface area contributed by atoms with E-state index in [0.717, 1.165) is 10.9 Å². The van der Waals surface area contributed by atoms with E-state index in [1.54, 1.807) is 36.9 Å². The van der Waals surface area contributed by atoms with Gasteiger partial charge in [0.05, 0.1) is 12.1 Å². The summed E-state index contributed by atoms with van der Waals surface area (Å²) in [6.07, 6.45) is 0. The first-order valence-electron chi connectivity index (χ1n) is 5.72. The smallest absolute Gasteiger partial charge is 0.352 e. The minimum atomic E-state index is -0.965. The van der Waals surface area contributed by atoms with Gasteiger partial charge in [-0.3, -0.25) is 0 Å². The predicted octanol–water partition coefficient (Wildman–Crippen LogP) is 2.19. The van der Waals surface area contributed by atoms with Crippen molar-refractivity contribution in [2.75, 3.05) is 20.3 Å². The van der Waals surface area contributed by atoms with Crippen molar-refractivity contribution in [2.45, 2.75) is 4.90 Å². The van der Waals surface area contributed by atoms with Crippen LogP contribution < -0.4 is 4.74 Å². The number of rotatable bonds is 5. The lowest BCUT2D eigenvalue weighted by Gasteiger charge is -2.08. The summed E-state index contributed by atoms with van der Waals surface area (Å²) in [6, 6.07) is 5.18. The molecular formula is C13H15NO4S. The zero-order chi connectivity index (χ0) is 14.0. The summed E-state index contributed by atoms with van der Waals surface area (Å²) in [7, 11) is 3.31. The second-order valence-corrected chi connectivity index (χ2v) is 4.60. The quantitative estimate of drug-likeness (QED) is 0.651. The standard InChI is InChI=1S/C13H15NO4S/c1-14-10(13(15)16)6-8-5-9(18-4-3-17-2)7-11(19)12(8)14/h5-7,19H,3-4H2,1-2H3,(H,15,16). The van der Waals surface area contributed by atoms with Gasteiger partial charge in [0.25, 0.3) is 0 Å². The van der Waals surface area contributed by atoms with Crippen LogP contribution in [-0.2, 0) is 11.8 Å². The van der Waals surface area contributed by atoms with E-state index in [4.69, 9.17) is 14.6 Å². The van der Waals surface area contributed by atoms with E-state index in [1.165, 1.54) is 0 Å².